The molecule has 0 fully saturated rings. The van der Waals surface area contributed by atoms with Crippen molar-refractivity contribution in [3.63, 3.8) is 0 Å². The summed E-state index contributed by atoms with van der Waals surface area (Å²) in [6.45, 7) is 9.56. The Morgan fingerprint density at radius 1 is 0.393 bits per heavy atom. The lowest BCUT2D eigenvalue weighted by Crippen LogP contribution is -2.15. The van der Waals surface area contributed by atoms with Gasteiger partial charge in [-0.25, -0.2) is 0 Å². The van der Waals surface area contributed by atoms with Crippen LogP contribution in [0.25, 0.3) is 92.2 Å². The first-order valence-electron chi connectivity index (χ1n) is 19.8. The molecule has 2 aromatic heterocycles. The molecule has 8 aromatic carbocycles. The van der Waals surface area contributed by atoms with E-state index in [1.54, 1.807) is 0 Å². The molecule has 0 bridgehead atoms. The summed E-state index contributed by atoms with van der Waals surface area (Å²) < 4.78 is 5.22. The molecule has 266 valence electrons. The number of rotatable bonds is 3. The number of hydrogen-bond donors (Lipinski definition) is 0. The Morgan fingerprint density at radius 3 is 1.82 bits per heavy atom. The molecule has 0 spiro atoms. The Labute approximate surface area is 331 Å². The molecule has 56 heavy (non-hydrogen) atoms. The molecule has 0 N–H and O–H groups in total. The topological polar surface area (TPSA) is 4.93 Å². The van der Waals surface area contributed by atoms with Crippen LogP contribution in [-0.2, 0) is 10.8 Å². The van der Waals surface area contributed by atoms with Gasteiger partial charge in [0.15, 0.2) is 0 Å². The molecule has 0 atom stereocenters. The standard InChI is InChI=1S/C54H39NS/c1-53(2)44-16-10-8-14-37(44)38-22-21-36(31-46(38)53)55-47-25-19-33(32-12-6-5-7-13-32)29-42(47)43-30-35(20-26-48(43)55)34-18-24-45-41(28-34)39-23-27-50-51(52(39)54(45,3)4)40-15-9-11-17-49(40)56-50/h5-31H,1-4H3. The van der Waals surface area contributed by atoms with E-state index in [2.05, 4.69) is 196 Å². The van der Waals surface area contributed by atoms with Crippen LogP contribution in [0.1, 0.15) is 49.9 Å². The maximum Gasteiger partial charge on any atom is 0.0541 e. The van der Waals surface area contributed by atoms with E-state index in [-0.39, 0.29) is 10.8 Å². The number of aromatic nitrogens is 1. The third-order valence-electron chi connectivity index (χ3n) is 13.2. The van der Waals surface area contributed by atoms with Crippen molar-refractivity contribution in [1.29, 1.82) is 0 Å². The van der Waals surface area contributed by atoms with Crippen LogP contribution in [0.4, 0.5) is 0 Å². The van der Waals surface area contributed by atoms with Crippen molar-refractivity contribution in [3.05, 3.63) is 186 Å². The maximum atomic E-state index is 2.49. The van der Waals surface area contributed by atoms with Crippen LogP contribution >= 0.6 is 11.3 Å². The largest absolute Gasteiger partial charge is 0.309 e. The normalized spacial score (nSPS) is 14.7. The number of nitrogens with zero attached hydrogens (tertiary/aromatic N) is 1. The van der Waals surface area contributed by atoms with Crippen LogP contribution in [0.15, 0.2) is 164 Å². The summed E-state index contributed by atoms with van der Waals surface area (Å²) in [5.41, 5.74) is 19.5. The van der Waals surface area contributed by atoms with Gasteiger partial charge in [-0.05, 0) is 121 Å². The summed E-state index contributed by atoms with van der Waals surface area (Å²) >= 11 is 1.91. The van der Waals surface area contributed by atoms with Crippen molar-refractivity contribution in [2.45, 2.75) is 38.5 Å². The van der Waals surface area contributed by atoms with Crippen molar-refractivity contribution in [1.82, 2.24) is 4.57 Å². The lowest BCUT2D eigenvalue weighted by molar-refractivity contribution is 0.660. The van der Waals surface area contributed by atoms with Crippen molar-refractivity contribution in [3.8, 4) is 50.2 Å². The molecule has 2 aliphatic rings. The van der Waals surface area contributed by atoms with E-state index in [1.807, 2.05) is 11.3 Å². The lowest BCUT2D eigenvalue weighted by atomic mass is 9.80. The minimum absolute atomic E-state index is 0.0720. The summed E-state index contributed by atoms with van der Waals surface area (Å²) in [6, 6.07) is 61.8. The quantitative estimate of drug-likeness (QED) is 0.170. The zero-order valence-electron chi connectivity index (χ0n) is 31.9. The van der Waals surface area contributed by atoms with Crippen LogP contribution in [-0.4, -0.2) is 4.57 Å². The van der Waals surface area contributed by atoms with Gasteiger partial charge < -0.3 is 4.57 Å². The van der Waals surface area contributed by atoms with E-state index in [0.29, 0.717) is 0 Å². The van der Waals surface area contributed by atoms with Gasteiger partial charge in [-0.1, -0.05) is 137 Å². The van der Waals surface area contributed by atoms with Gasteiger partial charge in [0.2, 0.25) is 0 Å². The Bertz CT molecular complexity index is 3300. The van der Waals surface area contributed by atoms with Crippen molar-refractivity contribution in [2.75, 3.05) is 0 Å². The van der Waals surface area contributed by atoms with Crippen molar-refractivity contribution < 1.29 is 0 Å². The van der Waals surface area contributed by atoms with Crippen LogP contribution < -0.4 is 0 Å². The maximum absolute atomic E-state index is 2.49. The first-order chi connectivity index (χ1) is 27.3. The molecule has 0 amide bonds. The lowest BCUT2D eigenvalue weighted by Gasteiger charge is -2.22. The Morgan fingerprint density at radius 2 is 1.02 bits per heavy atom. The Hall–Kier alpha value is -6.22. The van der Waals surface area contributed by atoms with Crippen molar-refractivity contribution >= 4 is 53.3 Å². The monoisotopic (exact) mass is 733 g/mol. The van der Waals surface area contributed by atoms with Crippen molar-refractivity contribution in [2.24, 2.45) is 0 Å². The number of thiophene rings is 1. The average Bonchev–Trinajstić information content (AvgIpc) is 3.91. The van der Waals surface area contributed by atoms with Gasteiger partial charge in [0, 0.05) is 47.5 Å². The van der Waals surface area contributed by atoms with Gasteiger partial charge >= 0.3 is 0 Å². The predicted molar refractivity (Wildman–Crippen MR) is 240 cm³/mol. The number of benzene rings is 8. The minimum Gasteiger partial charge on any atom is -0.309 e. The van der Waals surface area contributed by atoms with Gasteiger partial charge in [0.25, 0.3) is 0 Å². The molecule has 1 nitrogen and oxygen atoms in total. The highest BCUT2D eigenvalue weighted by Gasteiger charge is 2.38. The van der Waals surface area contributed by atoms with Crippen LogP contribution in [0.3, 0.4) is 0 Å². The van der Waals surface area contributed by atoms with Gasteiger partial charge in [-0.15, -0.1) is 11.3 Å². The van der Waals surface area contributed by atoms with Crippen LogP contribution in [0.2, 0.25) is 0 Å². The second-order valence-corrected chi connectivity index (χ2v) is 18.0. The van der Waals surface area contributed by atoms with Gasteiger partial charge in [0.05, 0.1) is 11.0 Å². The smallest absolute Gasteiger partial charge is 0.0541 e. The average molecular weight is 734 g/mol. The summed E-state index contributed by atoms with van der Waals surface area (Å²) in [6.07, 6.45) is 0. The third-order valence-corrected chi connectivity index (χ3v) is 14.3. The van der Waals surface area contributed by atoms with Crippen LogP contribution in [0.5, 0.6) is 0 Å². The van der Waals surface area contributed by atoms with Gasteiger partial charge in [-0.3, -0.25) is 0 Å². The Balaban J connectivity index is 1.06. The molecule has 0 unspecified atom stereocenters. The number of hydrogen-bond acceptors (Lipinski definition) is 1. The van der Waals surface area contributed by atoms with Gasteiger partial charge in [-0.2, -0.15) is 0 Å². The SMILES string of the molecule is CC1(C)c2ccccc2-c2ccc(-n3c4ccc(-c5ccccc5)cc4c4cc(-c5ccc6c(c5)-c5ccc7sc8ccccc8c7c5C6(C)C)ccc43)cc21. The highest BCUT2D eigenvalue weighted by molar-refractivity contribution is 7.25. The number of fused-ring (bicyclic) bond motifs is 13. The summed E-state index contributed by atoms with van der Waals surface area (Å²) in [5.74, 6) is 0. The van der Waals surface area contributed by atoms with Gasteiger partial charge in [0.1, 0.15) is 0 Å². The van der Waals surface area contributed by atoms with Crippen LogP contribution in [0, 0.1) is 0 Å². The van der Waals surface area contributed by atoms with E-state index in [9.17, 15) is 0 Å². The first-order valence-corrected chi connectivity index (χ1v) is 20.6. The molecule has 12 rings (SSSR count). The fourth-order valence-corrected chi connectivity index (χ4v) is 11.6. The second-order valence-electron chi connectivity index (χ2n) is 16.9. The molecule has 0 saturated heterocycles. The van der Waals surface area contributed by atoms with E-state index >= 15 is 0 Å². The molecule has 0 radical (unpaired) electrons. The highest BCUT2D eigenvalue weighted by atomic mass is 32.1. The molecule has 0 aliphatic heterocycles. The summed E-state index contributed by atoms with van der Waals surface area (Å²) in [5, 5.41) is 5.34. The molecular weight excluding hydrogens is 695 g/mol. The van der Waals surface area contributed by atoms with E-state index in [0.717, 1.165) is 0 Å². The summed E-state index contributed by atoms with van der Waals surface area (Å²) in [7, 11) is 0. The van der Waals surface area contributed by atoms with E-state index in [1.165, 1.54) is 114 Å². The molecule has 0 saturated carbocycles. The minimum atomic E-state index is -0.0937. The third kappa shape index (κ3) is 4.25. The van der Waals surface area contributed by atoms with E-state index in [4.69, 9.17) is 0 Å². The molecule has 2 aliphatic carbocycles. The summed E-state index contributed by atoms with van der Waals surface area (Å²) in [4.78, 5) is 0. The second kappa shape index (κ2) is 11.2. The fraction of sp³-hybridized carbons (Fsp3) is 0.111. The predicted octanol–water partition coefficient (Wildman–Crippen LogP) is 15.1. The molecule has 2 heteroatoms. The zero-order valence-corrected chi connectivity index (χ0v) is 32.8. The fourth-order valence-electron chi connectivity index (χ4n) is 10.4. The molecule has 10 aromatic rings. The van der Waals surface area contributed by atoms with E-state index < -0.39 is 0 Å². The molecule has 2 heterocycles. The zero-order chi connectivity index (χ0) is 37.5. The Kier molecular flexibility index (Phi) is 6.40. The first kappa shape index (κ1) is 32.1. The molecular formula is C54H39NS. The highest BCUT2D eigenvalue weighted by Crippen LogP contribution is 2.55.